The van der Waals surface area contributed by atoms with Crippen LogP contribution in [0, 0.1) is 0 Å². The van der Waals surface area contributed by atoms with Crippen molar-refractivity contribution in [2.24, 2.45) is 4.99 Å². The second kappa shape index (κ2) is 11.6. The lowest BCUT2D eigenvalue weighted by Gasteiger charge is -2.27. The molecule has 0 bridgehead atoms. The first kappa shape index (κ1) is 22.1. The van der Waals surface area contributed by atoms with E-state index in [4.69, 9.17) is 4.74 Å². The Balaban J connectivity index is 2.42. The molecule has 8 heteroatoms. The number of thioether (sulfide) groups is 1. The van der Waals surface area contributed by atoms with Gasteiger partial charge in [-0.3, -0.25) is 9.69 Å². The van der Waals surface area contributed by atoms with Crippen LogP contribution in [0.25, 0.3) is 0 Å². The Morgan fingerprint density at radius 2 is 1.96 bits per heavy atom. The summed E-state index contributed by atoms with van der Waals surface area (Å²) in [4.78, 5) is 20.2. The van der Waals surface area contributed by atoms with Gasteiger partial charge in [0.05, 0.1) is 13.2 Å². The highest BCUT2D eigenvalue weighted by Crippen LogP contribution is 2.19. The predicted molar refractivity (Wildman–Crippen MR) is 106 cm³/mol. The third kappa shape index (κ3) is 9.91. The Morgan fingerprint density at radius 1 is 1.28 bits per heavy atom. The van der Waals surface area contributed by atoms with E-state index >= 15 is 0 Å². The summed E-state index contributed by atoms with van der Waals surface area (Å²) in [6.07, 6.45) is 3.14. The first-order valence-electron chi connectivity index (χ1n) is 8.91. The van der Waals surface area contributed by atoms with Crippen LogP contribution < -0.4 is 10.6 Å². The van der Waals surface area contributed by atoms with E-state index in [0.717, 1.165) is 52.4 Å². The van der Waals surface area contributed by atoms with Crippen LogP contribution in [0.3, 0.4) is 0 Å². The summed E-state index contributed by atoms with van der Waals surface area (Å²) < 4.78 is 5.48. The minimum absolute atomic E-state index is 0.00135. The quantitative estimate of drug-likeness (QED) is 0.348. The lowest BCUT2D eigenvalue weighted by atomic mass is 10.2. The van der Waals surface area contributed by atoms with Gasteiger partial charge in [-0.25, -0.2) is 4.99 Å². The molecule has 0 spiro atoms. The Kier molecular flexibility index (Phi) is 10.2. The summed E-state index contributed by atoms with van der Waals surface area (Å²) in [5, 5.41) is 6.71. The van der Waals surface area contributed by atoms with E-state index in [0.29, 0.717) is 5.96 Å². The number of hydrogen-bond donors (Lipinski definition) is 2. The topological polar surface area (TPSA) is 69.2 Å². The van der Waals surface area contributed by atoms with Crippen molar-refractivity contribution in [1.29, 1.82) is 0 Å². The number of nitrogens with one attached hydrogen (secondary N) is 2. The first-order chi connectivity index (χ1) is 11.8. The number of ether oxygens (including phenoxy) is 1. The fourth-order valence-corrected chi connectivity index (χ4v) is 2.38. The molecule has 7 nitrogen and oxygen atoms in total. The summed E-state index contributed by atoms with van der Waals surface area (Å²) in [5.41, 5.74) is 0. The number of rotatable bonds is 9. The number of hydrogen-bond acceptors (Lipinski definition) is 5. The number of carbonyl (C=O) groups excluding carboxylic acids is 1. The minimum atomic E-state index is -0.00135. The Morgan fingerprint density at radius 3 is 2.56 bits per heavy atom. The molecule has 1 aliphatic heterocycles. The molecule has 0 radical (unpaired) electrons. The zero-order valence-electron chi connectivity index (χ0n) is 16.4. The standard InChI is InChI=1S/C17H35N5O2S/c1-17(2,25-5)14-20-16(19-13-15(23)21(3)4)18-7-6-8-22-9-11-24-12-10-22/h6-14H2,1-5H3,(H2,18,19,20). The molecule has 0 aromatic rings. The van der Waals surface area contributed by atoms with Crippen molar-refractivity contribution in [2.45, 2.75) is 25.0 Å². The summed E-state index contributed by atoms with van der Waals surface area (Å²) in [7, 11) is 3.50. The predicted octanol–water partition coefficient (Wildman–Crippen LogP) is 0.474. The zero-order chi connectivity index (χ0) is 18.7. The third-order valence-corrected chi connectivity index (χ3v) is 5.40. The Labute approximate surface area is 156 Å². The molecule has 0 aromatic carbocycles. The van der Waals surface area contributed by atoms with Crippen LogP contribution in [-0.4, -0.2) is 99.2 Å². The number of carbonyl (C=O) groups is 1. The van der Waals surface area contributed by atoms with E-state index in [1.54, 1.807) is 30.8 Å². The van der Waals surface area contributed by atoms with E-state index in [2.05, 4.69) is 40.6 Å². The number of guanidine groups is 1. The molecule has 0 atom stereocenters. The fraction of sp³-hybridized carbons (Fsp3) is 0.882. The lowest BCUT2D eigenvalue weighted by molar-refractivity contribution is -0.127. The molecule has 0 unspecified atom stereocenters. The van der Waals surface area contributed by atoms with Crippen LogP contribution in [-0.2, 0) is 9.53 Å². The van der Waals surface area contributed by atoms with Crippen LogP contribution in [0.15, 0.2) is 4.99 Å². The summed E-state index contributed by atoms with van der Waals surface area (Å²) in [6, 6.07) is 0. The van der Waals surface area contributed by atoms with Gasteiger partial charge in [0.15, 0.2) is 5.96 Å². The van der Waals surface area contributed by atoms with Crippen molar-refractivity contribution in [3.8, 4) is 0 Å². The number of morpholine rings is 1. The highest BCUT2D eigenvalue weighted by Gasteiger charge is 2.16. The van der Waals surface area contributed by atoms with E-state index in [1.165, 1.54) is 0 Å². The lowest BCUT2D eigenvalue weighted by Crippen LogP contribution is -2.45. The molecule has 146 valence electrons. The maximum atomic E-state index is 11.8. The molecule has 1 rings (SSSR count). The number of amides is 1. The number of nitrogens with zero attached hydrogens (tertiary/aromatic N) is 3. The van der Waals surface area contributed by atoms with Crippen LogP contribution in [0.2, 0.25) is 0 Å². The van der Waals surface area contributed by atoms with Crippen LogP contribution >= 0.6 is 11.8 Å². The molecule has 1 aliphatic rings. The highest BCUT2D eigenvalue weighted by molar-refractivity contribution is 7.99. The van der Waals surface area contributed by atoms with Gasteiger partial charge in [-0.15, -0.1) is 0 Å². The molecular formula is C17H35N5O2S. The second-order valence-electron chi connectivity index (χ2n) is 7.00. The van der Waals surface area contributed by atoms with Gasteiger partial charge >= 0.3 is 0 Å². The minimum Gasteiger partial charge on any atom is -0.379 e. The van der Waals surface area contributed by atoms with E-state index < -0.39 is 0 Å². The van der Waals surface area contributed by atoms with Crippen molar-refractivity contribution in [3.05, 3.63) is 0 Å². The molecule has 25 heavy (non-hydrogen) atoms. The van der Waals surface area contributed by atoms with Crippen LogP contribution in [0.4, 0.5) is 0 Å². The number of aliphatic imine (C=N–C) groups is 1. The number of likely N-dealkylation sites (N-methyl/N-ethyl adjacent to an activating group) is 1. The first-order valence-corrected chi connectivity index (χ1v) is 10.1. The van der Waals surface area contributed by atoms with Gasteiger partial charge in [0.1, 0.15) is 6.54 Å². The molecule has 1 amide bonds. The van der Waals surface area contributed by atoms with Gasteiger partial charge in [-0.05, 0) is 33.1 Å². The molecular weight excluding hydrogens is 338 g/mol. The Hall–Kier alpha value is -0.990. The van der Waals surface area contributed by atoms with Crippen molar-refractivity contribution in [2.75, 3.05) is 72.8 Å². The maximum absolute atomic E-state index is 11.8. The second-order valence-corrected chi connectivity index (χ2v) is 8.52. The van der Waals surface area contributed by atoms with Gasteiger partial charge in [-0.1, -0.05) is 0 Å². The average Bonchev–Trinajstić information content (AvgIpc) is 2.60. The van der Waals surface area contributed by atoms with E-state index in [-0.39, 0.29) is 17.2 Å². The van der Waals surface area contributed by atoms with Crippen LogP contribution in [0.5, 0.6) is 0 Å². The molecule has 1 saturated heterocycles. The van der Waals surface area contributed by atoms with Gasteiger partial charge in [-0.2, -0.15) is 11.8 Å². The van der Waals surface area contributed by atoms with Gasteiger partial charge < -0.3 is 20.3 Å². The summed E-state index contributed by atoms with van der Waals surface area (Å²) in [6.45, 7) is 10.9. The van der Waals surface area contributed by atoms with Crippen molar-refractivity contribution >= 4 is 23.6 Å². The zero-order valence-corrected chi connectivity index (χ0v) is 17.2. The molecule has 0 aliphatic carbocycles. The van der Waals surface area contributed by atoms with Crippen molar-refractivity contribution in [3.63, 3.8) is 0 Å². The monoisotopic (exact) mass is 373 g/mol. The third-order valence-electron chi connectivity index (χ3n) is 4.15. The molecule has 0 aromatic heterocycles. The SMILES string of the molecule is CSC(C)(C)CNC(=NCC(=O)N(C)C)NCCCN1CCOCC1. The molecule has 2 N–H and O–H groups in total. The fourth-order valence-electron chi connectivity index (χ4n) is 2.17. The largest absolute Gasteiger partial charge is 0.379 e. The van der Waals surface area contributed by atoms with E-state index in [1.807, 2.05) is 0 Å². The Bertz CT molecular complexity index is 423. The summed E-state index contributed by atoms with van der Waals surface area (Å²) >= 11 is 1.81. The summed E-state index contributed by atoms with van der Waals surface area (Å²) in [5.74, 6) is 0.706. The van der Waals surface area contributed by atoms with Gasteiger partial charge in [0.25, 0.3) is 0 Å². The van der Waals surface area contributed by atoms with Crippen molar-refractivity contribution in [1.82, 2.24) is 20.4 Å². The van der Waals surface area contributed by atoms with Gasteiger partial charge in [0, 0.05) is 45.0 Å². The van der Waals surface area contributed by atoms with Crippen molar-refractivity contribution < 1.29 is 9.53 Å². The average molecular weight is 374 g/mol. The normalized spacial score (nSPS) is 16.6. The molecule has 0 saturated carbocycles. The highest BCUT2D eigenvalue weighted by atomic mass is 32.2. The maximum Gasteiger partial charge on any atom is 0.243 e. The van der Waals surface area contributed by atoms with Crippen LogP contribution in [0.1, 0.15) is 20.3 Å². The molecule has 1 heterocycles. The smallest absolute Gasteiger partial charge is 0.243 e. The van der Waals surface area contributed by atoms with E-state index in [9.17, 15) is 4.79 Å². The molecule has 1 fully saturated rings. The van der Waals surface area contributed by atoms with Gasteiger partial charge in [0.2, 0.25) is 5.91 Å².